The third-order valence-corrected chi connectivity index (χ3v) is 2.79. The standard InChI is InChI=1S/C11H21N3O/c1-4-10(5-6-15)13-8(2)11-7-12-14-9(11)3/h7-8,10,13,15H,4-6H2,1-3H3,(H,12,14). The predicted molar refractivity (Wildman–Crippen MR) is 60.7 cm³/mol. The van der Waals surface area contributed by atoms with Gasteiger partial charge in [-0.15, -0.1) is 0 Å². The molecule has 0 aliphatic carbocycles. The second kappa shape index (κ2) is 5.88. The van der Waals surface area contributed by atoms with Crippen LogP contribution in [0.25, 0.3) is 0 Å². The van der Waals surface area contributed by atoms with Gasteiger partial charge in [-0.2, -0.15) is 5.10 Å². The average Bonchev–Trinajstić information content (AvgIpc) is 2.63. The van der Waals surface area contributed by atoms with Crippen LogP contribution in [0.15, 0.2) is 6.20 Å². The molecule has 1 aromatic heterocycles. The van der Waals surface area contributed by atoms with Gasteiger partial charge in [0.2, 0.25) is 0 Å². The minimum atomic E-state index is 0.239. The Morgan fingerprint density at radius 2 is 2.33 bits per heavy atom. The van der Waals surface area contributed by atoms with Crippen molar-refractivity contribution >= 4 is 0 Å². The summed E-state index contributed by atoms with van der Waals surface area (Å²) in [5.74, 6) is 0. The van der Waals surface area contributed by atoms with Gasteiger partial charge < -0.3 is 10.4 Å². The molecule has 0 aromatic carbocycles. The number of rotatable bonds is 6. The molecule has 15 heavy (non-hydrogen) atoms. The molecular weight excluding hydrogens is 190 g/mol. The van der Waals surface area contributed by atoms with Crippen LogP contribution in [0.1, 0.15) is 44.0 Å². The van der Waals surface area contributed by atoms with E-state index in [1.807, 2.05) is 13.1 Å². The third kappa shape index (κ3) is 3.32. The van der Waals surface area contributed by atoms with Crippen molar-refractivity contribution in [3.05, 3.63) is 17.5 Å². The first-order valence-corrected chi connectivity index (χ1v) is 5.55. The SMILES string of the molecule is CCC(CCO)NC(C)c1cn[nH]c1C. The molecule has 0 fully saturated rings. The Morgan fingerprint density at radius 3 is 2.80 bits per heavy atom. The second-order valence-electron chi connectivity index (χ2n) is 3.96. The van der Waals surface area contributed by atoms with Crippen LogP contribution in [-0.4, -0.2) is 28.0 Å². The second-order valence-corrected chi connectivity index (χ2v) is 3.96. The lowest BCUT2D eigenvalue weighted by Crippen LogP contribution is -2.31. The average molecular weight is 211 g/mol. The maximum absolute atomic E-state index is 8.91. The highest BCUT2D eigenvalue weighted by Crippen LogP contribution is 2.16. The maximum Gasteiger partial charge on any atom is 0.0537 e. The van der Waals surface area contributed by atoms with Gasteiger partial charge in [-0.3, -0.25) is 5.10 Å². The van der Waals surface area contributed by atoms with E-state index in [2.05, 4.69) is 29.4 Å². The Bertz CT molecular complexity index is 285. The van der Waals surface area contributed by atoms with Gasteiger partial charge in [0.15, 0.2) is 0 Å². The number of nitrogens with one attached hydrogen (secondary N) is 2. The molecular formula is C11H21N3O. The number of aliphatic hydroxyl groups is 1. The Hall–Kier alpha value is -0.870. The Balaban J connectivity index is 2.54. The number of H-pyrrole nitrogens is 1. The zero-order chi connectivity index (χ0) is 11.3. The van der Waals surface area contributed by atoms with Crippen LogP contribution >= 0.6 is 0 Å². The number of hydrogen-bond donors (Lipinski definition) is 3. The van der Waals surface area contributed by atoms with Crippen LogP contribution in [0.2, 0.25) is 0 Å². The Labute approximate surface area is 91.1 Å². The van der Waals surface area contributed by atoms with E-state index in [1.54, 1.807) is 0 Å². The molecule has 3 N–H and O–H groups in total. The van der Waals surface area contributed by atoms with Crippen molar-refractivity contribution in [2.75, 3.05) is 6.61 Å². The van der Waals surface area contributed by atoms with E-state index < -0.39 is 0 Å². The molecule has 0 saturated heterocycles. The summed E-state index contributed by atoms with van der Waals surface area (Å²) in [7, 11) is 0. The number of hydrogen-bond acceptors (Lipinski definition) is 3. The fourth-order valence-electron chi connectivity index (χ4n) is 1.80. The van der Waals surface area contributed by atoms with Gasteiger partial charge in [0, 0.05) is 29.9 Å². The molecule has 1 heterocycles. The van der Waals surface area contributed by atoms with E-state index in [1.165, 1.54) is 5.56 Å². The van der Waals surface area contributed by atoms with Gasteiger partial charge in [-0.05, 0) is 26.7 Å². The van der Waals surface area contributed by atoms with E-state index in [0.717, 1.165) is 18.5 Å². The molecule has 0 aliphatic rings. The minimum Gasteiger partial charge on any atom is -0.396 e. The van der Waals surface area contributed by atoms with E-state index in [4.69, 9.17) is 5.11 Å². The fourth-order valence-corrected chi connectivity index (χ4v) is 1.80. The van der Waals surface area contributed by atoms with E-state index >= 15 is 0 Å². The summed E-state index contributed by atoms with van der Waals surface area (Å²) < 4.78 is 0. The van der Waals surface area contributed by atoms with Crippen LogP contribution in [0.4, 0.5) is 0 Å². The molecule has 0 aliphatic heterocycles. The zero-order valence-electron chi connectivity index (χ0n) is 9.75. The highest BCUT2D eigenvalue weighted by atomic mass is 16.3. The molecule has 1 aromatic rings. The van der Waals surface area contributed by atoms with Crippen LogP contribution in [-0.2, 0) is 0 Å². The highest BCUT2D eigenvalue weighted by Gasteiger charge is 2.13. The van der Waals surface area contributed by atoms with Gasteiger partial charge >= 0.3 is 0 Å². The summed E-state index contributed by atoms with van der Waals surface area (Å²) in [6.45, 7) is 6.51. The Kier molecular flexibility index (Phi) is 4.78. The van der Waals surface area contributed by atoms with Gasteiger partial charge in [0.05, 0.1) is 6.20 Å². The lowest BCUT2D eigenvalue weighted by atomic mass is 10.1. The first-order valence-electron chi connectivity index (χ1n) is 5.55. The molecule has 0 amide bonds. The first kappa shape index (κ1) is 12.2. The Morgan fingerprint density at radius 1 is 1.60 bits per heavy atom. The van der Waals surface area contributed by atoms with E-state index in [9.17, 15) is 0 Å². The number of aromatic amines is 1. The molecule has 1 rings (SSSR count). The number of aryl methyl sites for hydroxylation is 1. The van der Waals surface area contributed by atoms with Gasteiger partial charge in [0.1, 0.15) is 0 Å². The smallest absolute Gasteiger partial charge is 0.0537 e. The molecule has 0 bridgehead atoms. The molecule has 2 unspecified atom stereocenters. The van der Waals surface area contributed by atoms with Crippen LogP contribution < -0.4 is 5.32 Å². The minimum absolute atomic E-state index is 0.239. The summed E-state index contributed by atoms with van der Waals surface area (Å²) in [4.78, 5) is 0. The first-order chi connectivity index (χ1) is 7.19. The van der Waals surface area contributed by atoms with Crippen molar-refractivity contribution in [2.45, 2.75) is 45.7 Å². The summed E-state index contributed by atoms with van der Waals surface area (Å²) in [6, 6.07) is 0.652. The molecule has 0 spiro atoms. The van der Waals surface area contributed by atoms with Crippen LogP contribution in [0.3, 0.4) is 0 Å². The normalized spacial score (nSPS) is 15.2. The zero-order valence-corrected chi connectivity index (χ0v) is 9.75. The summed E-state index contributed by atoms with van der Waals surface area (Å²) in [5.41, 5.74) is 2.31. The number of nitrogens with zero attached hydrogens (tertiary/aromatic N) is 1. The van der Waals surface area contributed by atoms with Crippen molar-refractivity contribution in [2.24, 2.45) is 0 Å². The molecule has 4 heteroatoms. The van der Waals surface area contributed by atoms with E-state index in [0.29, 0.717) is 6.04 Å². The molecule has 4 nitrogen and oxygen atoms in total. The largest absolute Gasteiger partial charge is 0.396 e. The molecule has 0 radical (unpaired) electrons. The summed E-state index contributed by atoms with van der Waals surface area (Å²) >= 11 is 0. The van der Waals surface area contributed by atoms with Crippen LogP contribution in [0, 0.1) is 6.92 Å². The maximum atomic E-state index is 8.91. The van der Waals surface area contributed by atoms with Crippen LogP contribution in [0.5, 0.6) is 0 Å². The molecule has 2 atom stereocenters. The predicted octanol–water partition coefficient (Wildman–Crippen LogP) is 1.53. The quantitative estimate of drug-likeness (QED) is 0.668. The van der Waals surface area contributed by atoms with Crippen molar-refractivity contribution in [3.8, 4) is 0 Å². The van der Waals surface area contributed by atoms with Crippen molar-refractivity contribution in [3.63, 3.8) is 0 Å². The third-order valence-electron chi connectivity index (χ3n) is 2.79. The lowest BCUT2D eigenvalue weighted by molar-refractivity contribution is 0.257. The lowest BCUT2D eigenvalue weighted by Gasteiger charge is -2.21. The number of aliphatic hydroxyl groups excluding tert-OH is 1. The van der Waals surface area contributed by atoms with Gasteiger partial charge in [-0.1, -0.05) is 6.92 Å². The van der Waals surface area contributed by atoms with Crippen molar-refractivity contribution < 1.29 is 5.11 Å². The van der Waals surface area contributed by atoms with Crippen molar-refractivity contribution in [1.29, 1.82) is 0 Å². The van der Waals surface area contributed by atoms with Gasteiger partial charge in [0.25, 0.3) is 0 Å². The van der Waals surface area contributed by atoms with Gasteiger partial charge in [-0.25, -0.2) is 0 Å². The molecule has 0 saturated carbocycles. The molecule has 86 valence electrons. The fraction of sp³-hybridized carbons (Fsp3) is 0.727. The van der Waals surface area contributed by atoms with Crippen molar-refractivity contribution in [1.82, 2.24) is 15.5 Å². The summed E-state index contributed by atoms with van der Waals surface area (Å²) in [5, 5.41) is 19.3. The number of aromatic nitrogens is 2. The topological polar surface area (TPSA) is 60.9 Å². The summed E-state index contributed by atoms with van der Waals surface area (Å²) in [6.07, 6.45) is 3.69. The monoisotopic (exact) mass is 211 g/mol. The van der Waals surface area contributed by atoms with E-state index in [-0.39, 0.29) is 12.6 Å². The highest BCUT2D eigenvalue weighted by molar-refractivity contribution is 5.18.